The van der Waals surface area contributed by atoms with E-state index in [0.29, 0.717) is 24.4 Å². The number of benzene rings is 1. The molecule has 0 saturated carbocycles. The fraction of sp³-hybridized carbons (Fsp3) is 0.467. The van der Waals surface area contributed by atoms with Gasteiger partial charge >= 0.3 is 0 Å². The number of hydrogen-bond acceptors (Lipinski definition) is 4. The van der Waals surface area contributed by atoms with E-state index in [1.807, 2.05) is 6.92 Å². The van der Waals surface area contributed by atoms with Crippen molar-refractivity contribution in [2.24, 2.45) is 0 Å². The summed E-state index contributed by atoms with van der Waals surface area (Å²) >= 11 is 0. The van der Waals surface area contributed by atoms with Crippen LogP contribution >= 0.6 is 0 Å². The molecule has 0 aliphatic rings. The Morgan fingerprint density at radius 3 is 2.57 bits per heavy atom. The second-order valence-corrected chi connectivity index (χ2v) is 4.95. The number of carbonyl (C=O) groups excluding carboxylic acids is 2. The molecular formula is C15H23N3O3. The molecule has 6 nitrogen and oxygen atoms in total. The molecule has 1 aromatic carbocycles. The number of ether oxygens (including phenoxy) is 1. The van der Waals surface area contributed by atoms with Crippen LogP contribution in [0.1, 0.15) is 15.9 Å². The van der Waals surface area contributed by atoms with Crippen LogP contribution in [0.3, 0.4) is 0 Å². The summed E-state index contributed by atoms with van der Waals surface area (Å²) in [5, 5.41) is 5.76. The summed E-state index contributed by atoms with van der Waals surface area (Å²) in [7, 11) is 5.04. The highest BCUT2D eigenvalue weighted by Gasteiger charge is 2.11. The van der Waals surface area contributed by atoms with Crippen molar-refractivity contribution in [2.75, 3.05) is 46.2 Å². The van der Waals surface area contributed by atoms with E-state index in [0.717, 1.165) is 5.56 Å². The average Bonchev–Trinajstić information content (AvgIpc) is 2.43. The van der Waals surface area contributed by atoms with Crippen LogP contribution < -0.4 is 10.6 Å². The van der Waals surface area contributed by atoms with Gasteiger partial charge in [-0.15, -0.1) is 0 Å². The molecule has 0 aromatic heterocycles. The van der Waals surface area contributed by atoms with Gasteiger partial charge in [-0.2, -0.15) is 0 Å². The highest BCUT2D eigenvalue weighted by molar-refractivity contribution is 5.97. The first-order chi connectivity index (χ1) is 9.95. The molecule has 0 bridgehead atoms. The Morgan fingerprint density at radius 1 is 1.29 bits per heavy atom. The van der Waals surface area contributed by atoms with Crippen molar-refractivity contribution in [1.29, 1.82) is 0 Å². The molecule has 6 heteroatoms. The smallest absolute Gasteiger partial charge is 0.253 e. The lowest BCUT2D eigenvalue weighted by atomic mass is 10.1. The molecule has 2 N–H and O–H groups in total. The third-order valence-corrected chi connectivity index (χ3v) is 2.92. The van der Waals surface area contributed by atoms with Crippen LogP contribution in [-0.4, -0.2) is 57.6 Å². The van der Waals surface area contributed by atoms with Gasteiger partial charge in [0, 0.05) is 39.0 Å². The van der Waals surface area contributed by atoms with E-state index in [4.69, 9.17) is 4.74 Å². The summed E-state index contributed by atoms with van der Waals surface area (Å²) in [5.41, 5.74) is 2.15. The van der Waals surface area contributed by atoms with Gasteiger partial charge in [0.2, 0.25) is 5.91 Å². The lowest BCUT2D eigenvalue weighted by Gasteiger charge is -2.14. The molecule has 116 valence electrons. The zero-order valence-corrected chi connectivity index (χ0v) is 13.0. The Balaban J connectivity index is 2.59. The summed E-state index contributed by atoms with van der Waals surface area (Å²) < 4.78 is 4.88. The standard InChI is InChI=1S/C15H23N3O3/c1-11-9-12(5-6-13(11)15(20)18(2)3)17-14(19)10-16-7-8-21-4/h5-6,9,16H,7-8,10H2,1-4H3,(H,17,19). The minimum Gasteiger partial charge on any atom is -0.383 e. The third kappa shape index (κ3) is 5.53. The van der Waals surface area contributed by atoms with E-state index < -0.39 is 0 Å². The fourth-order valence-electron chi connectivity index (χ4n) is 1.80. The van der Waals surface area contributed by atoms with Gasteiger partial charge in [0.25, 0.3) is 5.91 Å². The van der Waals surface area contributed by atoms with Crippen molar-refractivity contribution in [3.05, 3.63) is 29.3 Å². The van der Waals surface area contributed by atoms with Crippen LogP contribution in [0.2, 0.25) is 0 Å². The van der Waals surface area contributed by atoms with Crippen LogP contribution in [-0.2, 0) is 9.53 Å². The highest BCUT2D eigenvalue weighted by atomic mass is 16.5. The van der Waals surface area contributed by atoms with E-state index in [-0.39, 0.29) is 18.4 Å². The van der Waals surface area contributed by atoms with E-state index in [1.165, 1.54) is 4.90 Å². The lowest BCUT2D eigenvalue weighted by Crippen LogP contribution is -2.30. The molecule has 1 rings (SSSR count). The van der Waals surface area contributed by atoms with Crippen LogP contribution in [0.25, 0.3) is 0 Å². The SMILES string of the molecule is COCCNCC(=O)Nc1ccc(C(=O)N(C)C)c(C)c1. The normalized spacial score (nSPS) is 10.3. The van der Waals surface area contributed by atoms with Crippen molar-refractivity contribution in [2.45, 2.75) is 6.92 Å². The molecular weight excluding hydrogens is 270 g/mol. The minimum atomic E-state index is -0.128. The van der Waals surface area contributed by atoms with Gasteiger partial charge in [-0.3, -0.25) is 9.59 Å². The fourth-order valence-corrected chi connectivity index (χ4v) is 1.80. The van der Waals surface area contributed by atoms with Gasteiger partial charge in [-0.05, 0) is 30.7 Å². The Hall–Kier alpha value is -1.92. The largest absolute Gasteiger partial charge is 0.383 e. The molecule has 21 heavy (non-hydrogen) atoms. The molecule has 1 aromatic rings. The Morgan fingerprint density at radius 2 is 2.00 bits per heavy atom. The maximum absolute atomic E-state index is 11.9. The van der Waals surface area contributed by atoms with E-state index in [1.54, 1.807) is 39.4 Å². The Bertz CT molecular complexity index is 501. The van der Waals surface area contributed by atoms with Crippen molar-refractivity contribution < 1.29 is 14.3 Å². The molecule has 0 atom stereocenters. The summed E-state index contributed by atoms with van der Waals surface area (Å²) in [6.07, 6.45) is 0. The molecule has 0 fully saturated rings. The first kappa shape index (κ1) is 17.1. The molecule has 2 amide bonds. The topological polar surface area (TPSA) is 70.7 Å². The van der Waals surface area contributed by atoms with Gasteiger partial charge in [0.1, 0.15) is 0 Å². The van der Waals surface area contributed by atoms with Gasteiger partial charge in [0.15, 0.2) is 0 Å². The van der Waals surface area contributed by atoms with Gasteiger partial charge in [0.05, 0.1) is 13.2 Å². The van der Waals surface area contributed by atoms with Crippen molar-refractivity contribution in [3.8, 4) is 0 Å². The van der Waals surface area contributed by atoms with Crippen LogP contribution in [0.5, 0.6) is 0 Å². The monoisotopic (exact) mass is 293 g/mol. The predicted molar refractivity (Wildman–Crippen MR) is 82.6 cm³/mol. The number of hydrogen-bond donors (Lipinski definition) is 2. The maximum Gasteiger partial charge on any atom is 0.253 e. The number of aryl methyl sites for hydroxylation is 1. The first-order valence-electron chi connectivity index (χ1n) is 6.77. The molecule has 0 unspecified atom stereocenters. The minimum absolute atomic E-state index is 0.0494. The number of rotatable bonds is 7. The Labute approximate surface area is 125 Å². The maximum atomic E-state index is 11.9. The number of amides is 2. The summed E-state index contributed by atoms with van der Waals surface area (Å²) in [6, 6.07) is 5.26. The van der Waals surface area contributed by atoms with Crippen molar-refractivity contribution in [3.63, 3.8) is 0 Å². The van der Waals surface area contributed by atoms with E-state index in [2.05, 4.69) is 10.6 Å². The molecule has 0 radical (unpaired) electrons. The first-order valence-corrected chi connectivity index (χ1v) is 6.77. The van der Waals surface area contributed by atoms with Crippen LogP contribution in [0.4, 0.5) is 5.69 Å². The van der Waals surface area contributed by atoms with Gasteiger partial charge in [-0.25, -0.2) is 0 Å². The molecule has 0 saturated heterocycles. The number of anilines is 1. The van der Waals surface area contributed by atoms with Crippen molar-refractivity contribution >= 4 is 17.5 Å². The molecule has 0 spiro atoms. The second kappa shape index (κ2) is 8.39. The molecule has 0 heterocycles. The predicted octanol–water partition coefficient (Wildman–Crippen LogP) is 0.871. The van der Waals surface area contributed by atoms with Gasteiger partial charge in [-0.1, -0.05) is 0 Å². The number of methoxy groups -OCH3 is 1. The zero-order valence-electron chi connectivity index (χ0n) is 13.0. The summed E-state index contributed by atoms with van der Waals surface area (Å²) in [5.74, 6) is -0.177. The quantitative estimate of drug-likeness (QED) is 0.732. The van der Waals surface area contributed by atoms with E-state index >= 15 is 0 Å². The number of carbonyl (C=O) groups is 2. The van der Waals surface area contributed by atoms with Gasteiger partial charge < -0.3 is 20.3 Å². The van der Waals surface area contributed by atoms with Crippen LogP contribution in [0.15, 0.2) is 18.2 Å². The van der Waals surface area contributed by atoms with Crippen molar-refractivity contribution in [1.82, 2.24) is 10.2 Å². The zero-order chi connectivity index (χ0) is 15.8. The average molecular weight is 293 g/mol. The molecule has 0 aliphatic heterocycles. The third-order valence-electron chi connectivity index (χ3n) is 2.92. The van der Waals surface area contributed by atoms with Crippen LogP contribution in [0, 0.1) is 6.92 Å². The molecule has 0 aliphatic carbocycles. The number of nitrogens with zero attached hydrogens (tertiary/aromatic N) is 1. The lowest BCUT2D eigenvalue weighted by molar-refractivity contribution is -0.115. The highest BCUT2D eigenvalue weighted by Crippen LogP contribution is 2.16. The second-order valence-electron chi connectivity index (χ2n) is 4.95. The number of nitrogens with one attached hydrogen (secondary N) is 2. The van der Waals surface area contributed by atoms with E-state index in [9.17, 15) is 9.59 Å². The summed E-state index contributed by atoms with van der Waals surface area (Å²) in [4.78, 5) is 25.2. The summed E-state index contributed by atoms with van der Waals surface area (Å²) in [6.45, 7) is 3.26. The Kier molecular flexibility index (Phi) is 6.84.